The maximum atomic E-state index is 10.5. The van der Waals surface area contributed by atoms with E-state index in [1.54, 1.807) is 26.4 Å². The van der Waals surface area contributed by atoms with Crippen molar-refractivity contribution < 1.29 is 19.3 Å². The predicted octanol–water partition coefficient (Wildman–Crippen LogP) is 4.96. The van der Waals surface area contributed by atoms with Crippen molar-refractivity contribution in [3.63, 3.8) is 0 Å². The molecule has 31 heavy (non-hydrogen) atoms. The summed E-state index contributed by atoms with van der Waals surface area (Å²) in [6.07, 6.45) is 0.228. The van der Waals surface area contributed by atoms with Gasteiger partial charge in [-0.05, 0) is 31.2 Å². The minimum absolute atomic E-state index is 0.0371. The van der Waals surface area contributed by atoms with Crippen molar-refractivity contribution in [3.8, 4) is 23.0 Å². The lowest BCUT2D eigenvalue weighted by molar-refractivity contribution is -0.0209. The molecule has 2 aliphatic rings. The van der Waals surface area contributed by atoms with Crippen LogP contribution in [0.2, 0.25) is 0 Å². The molecule has 0 spiro atoms. The lowest BCUT2D eigenvalue weighted by atomic mass is 9.95. The molecule has 1 N–H and O–H groups in total. The second-order valence-corrected chi connectivity index (χ2v) is 7.79. The van der Waals surface area contributed by atoms with Gasteiger partial charge < -0.3 is 19.3 Å². The summed E-state index contributed by atoms with van der Waals surface area (Å²) in [4.78, 5) is 0. The van der Waals surface area contributed by atoms with Gasteiger partial charge in [0.2, 0.25) is 6.23 Å². The molecule has 0 aliphatic carbocycles. The third-order valence-electron chi connectivity index (χ3n) is 5.84. The van der Waals surface area contributed by atoms with Gasteiger partial charge in [-0.2, -0.15) is 5.10 Å². The molecule has 0 saturated carbocycles. The number of methoxy groups -OCH3 is 2. The van der Waals surface area contributed by atoms with Crippen molar-refractivity contribution in [2.24, 2.45) is 5.10 Å². The Morgan fingerprint density at radius 3 is 2.65 bits per heavy atom. The van der Waals surface area contributed by atoms with E-state index in [1.165, 1.54) is 0 Å². The van der Waals surface area contributed by atoms with Gasteiger partial charge in [0.05, 0.1) is 26.0 Å². The summed E-state index contributed by atoms with van der Waals surface area (Å²) in [5.74, 6) is 2.30. The highest BCUT2D eigenvalue weighted by atomic mass is 16.5. The van der Waals surface area contributed by atoms with Gasteiger partial charge in [-0.1, -0.05) is 42.0 Å². The summed E-state index contributed by atoms with van der Waals surface area (Å²) in [6, 6.07) is 19.3. The zero-order valence-corrected chi connectivity index (χ0v) is 17.7. The Hall–Kier alpha value is -3.67. The van der Waals surface area contributed by atoms with Crippen molar-refractivity contribution >= 4 is 5.71 Å². The number of hydrazone groups is 1. The summed E-state index contributed by atoms with van der Waals surface area (Å²) in [7, 11) is 3.26. The molecule has 0 saturated heterocycles. The van der Waals surface area contributed by atoms with E-state index in [1.807, 2.05) is 41.4 Å². The number of fused-ring (bicyclic) bond motifs is 3. The zero-order valence-electron chi connectivity index (χ0n) is 17.7. The number of phenols is 1. The second-order valence-electron chi connectivity index (χ2n) is 7.79. The third-order valence-corrected chi connectivity index (χ3v) is 5.84. The lowest BCUT2D eigenvalue weighted by Crippen LogP contribution is -2.33. The van der Waals surface area contributed by atoms with E-state index in [0.29, 0.717) is 23.5 Å². The monoisotopic (exact) mass is 416 g/mol. The average Bonchev–Trinajstić information content (AvgIpc) is 3.24. The maximum absolute atomic E-state index is 10.5. The van der Waals surface area contributed by atoms with Crippen LogP contribution in [-0.2, 0) is 0 Å². The van der Waals surface area contributed by atoms with Crippen LogP contribution < -0.4 is 14.2 Å². The number of ether oxygens (including phenoxy) is 3. The van der Waals surface area contributed by atoms with Crippen LogP contribution in [0.1, 0.15) is 40.9 Å². The second kappa shape index (κ2) is 7.54. The van der Waals surface area contributed by atoms with E-state index in [9.17, 15) is 5.11 Å². The molecule has 2 unspecified atom stereocenters. The van der Waals surface area contributed by atoms with E-state index in [0.717, 1.165) is 28.2 Å². The third kappa shape index (κ3) is 3.24. The van der Waals surface area contributed by atoms with E-state index in [4.69, 9.17) is 19.3 Å². The molecule has 2 atom stereocenters. The summed E-state index contributed by atoms with van der Waals surface area (Å²) in [5.41, 5.74) is 4.64. The van der Waals surface area contributed by atoms with Gasteiger partial charge in [0, 0.05) is 23.1 Å². The number of para-hydroxylation sites is 1. The average molecular weight is 416 g/mol. The first-order valence-electron chi connectivity index (χ1n) is 10.2. The standard InChI is InChI=1S/C25H24N2O4/c1-15-6-4-7-16(12-15)25-27-21(18-8-5-9-23(30-3)24(18)31-25)14-20(26-27)19-13-17(29-2)10-11-22(19)28/h4-13,21,25,28H,14H2,1-3H3. The smallest absolute Gasteiger partial charge is 0.214 e. The lowest BCUT2D eigenvalue weighted by Gasteiger charge is -2.38. The van der Waals surface area contributed by atoms with Gasteiger partial charge in [0.25, 0.3) is 0 Å². The summed E-state index contributed by atoms with van der Waals surface area (Å²) < 4.78 is 17.4. The predicted molar refractivity (Wildman–Crippen MR) is 118 cm³/mol. The molecule has 3 aromatic carbocycles. The number of hydrogen-bond donors (Lipinski definition) is 1. The molecular formula is C25H24N2O4. The number of aromatic hydroxyl groups is 1. The molecule has 0 radical (unpaired) electrons. The molecule has 5 rings (SSSR count). The number of hydrogen-bond acceptors (Lipinski definition) is 6. The number of nitrogens with zero attached hydrogens (tertiary/aromatic N) is 2. The minimum Gasteiger partial charge on any atom is -0.507 e. The van der Waals surface area contributed by atoms with Crippen molar-refractivity contribution in [1.82, 2.24) is 5.01 Å². The Balaban J connectivity index is 1.64. The van der Waals surface area contributed by atoms with Crippen LogP contribution in [0.4, 0.5) is 0 Å². The van der Waals surface area contributed by atoms with Gasteiger partial charge in [-0.3, -0.25) is 0 Å². The first-order valence-corrected chi connectivity index (χ1v) is 10.2. The van der Waals surface area contributed by atoms with Crippen LogP contribution in [-0.4, -0.2) is 30.0 Å². The zero-order chi connectivity index (χ0) is 21.5. The first kappa shape index (κ1) is 19.3. The first-order chi connectivity index (χ1) is 15.1. The fourth-order valence-electron chi connectivity index (χ4n) is 4.32. The number of phenolic OH excluding ortho intramolecular Hbond substituents is 1. The molecule has 0 aromatic heterocycles. The van der Waals surface area contributed by atoms with Gasteiger partial charge in [-0.15, -0.1) is 0 Å². The van der Waals surface area contributed by atoms with Crippen molar-refractivity contribution in [2.45, 2.75) is 25.6 Å². The molecule has 0 bridgehead atoms. The van der Waals surface area contributed by atoms with Crippen molar-refractivity contribution in [2.75, 3.05) is 14.2 Å². The van der Waals surface area contributed by atoms with E-state index < -0.39 is 6.23 Å². The van der Waals surface area contributed by atoms with Gasteiger partial charge in [-0.25, -0.2) is 5.01 Å². The molecule has 0 amide bonds. The largest absolute Gasteiger partial charge is 0.507 e. The van der Waals surface area contributed by atoms with Gasteiger partial charge in [0.15, 0.2) is 11.5 Å². The molecule has 3 aromatic rings. The fourth-order valence-corrected chi connectivity index (χ4v) is 4.32. The normalized spacial score (nSPS) is 19.2. The highest BCUT2D eigenvalue weighted by molar-refractivity contribution is 6.04. The maximum Gasteiger partial charge on any atom is 0.214 e. The van der Waals surface area contributed by atoms with Crippen LogP contribution in [0.3, 0.4) is 0 Å². The Morgan fingerprint density at radius 2 is 1.87 bits per heavy atom. The van der Waals surface area contributed by atoms with E-state index in [2.05, 4.69) is 19.1 Å². The summed E-state index contributed by atoms with van der Waals surface area (Å²) in [5, 5.41) is 17.4. The highest BCUT2D eigenvalue weighted by Crippen LogP contribution is 2.51. The summed E-state index contributed by atoms with van der Waals surface area (Å²) >= 11 is 0. The molecule has 0 fully saturated rings. The Labute approximate surface area is 181 Å². The molecule has 158 valence electrons. The highest BCUT2D eigenvalue weighted by Gasteiger charge is 2.42. The molecule has 2 aliphatic heterocycles. The van der Waals surface area contributed by atoms with Gasteiger partial charge >= 0.3 is 0 Å². The SMILES string of the molecule is COc1ccc(O)c(C2=NN3C(C2)c2cccc(OC)c2OC3c2cccc(C)c2)c1. The van der Waals surface area contributed by atoms with Crippen LogP contribution >= 0.6 is 0 Å². The van der Waals surface area contributed by atoms with Crippen LogP contribution in [0.15, 0.2) is 65.8 Å². The molecule has 2 heterocycles. The van der Waals surface area contributed by atoms with E-state index in [-0.39, 0.29) is 11.8 Å². The van der Waals surface area contributed by atoms with Crippen LogP contribution in [0.5, 0.6) is 23.0 Å². The number of benzene rings is 3. The fraction of sp³-hybridized carbons (Fsp3) is 0.240. The molecule has 6 heteroatoms. The molecule has 6 nitrogen and oxygen atoms in total. The quantitative estimate of drug-likeness (QED) is 0.651. The number of rotatable bonds is 4. The summed E-state index contributed by atoms with van der Waals surface area (Å²) in [6.45, 7) is 2.06. The van der Waals surface area contributed by atoms with Crippen LogP contribution in [0, 0.1) is 6.92 Å². The Morgan fingerprint density at radius 1 is 1.03 bits per heavy atom. The number of aryl methyl sites for hydroxylation is 1. The van der Waals surface area contributed by atoms with Crippen LogP contribution in [0.25, 0.3) is 0 Å². The Bertz CT molecular complexity index is 1170. The van der Waals surface area contributed by atoms with Crippen molar-refractivity contribution in [1.29, 1.82) is 0 Å². The molecular weight excluding hydrogens is 392 g/mol. The van der Waals surface area contributed by atoms with Crippen molar-refractivity contribution in [3.05, 3.63) is 82.9 Å². The van der Waals surface area contributed by atoms with Gasteiger partial charge in [0.1, 0.15) is 11.5 Å². The topological polar surface area (TPSA) is 63.5 Å². The Kier molecular flexibility index (Phi) is 4.70. The minimum atomic E-state index is -0.404. The van der Waals surface area contributed by atoms with E-state index >= 15 is 0 Å².